The van der Waals surface area contributed by atoms with E-state index in [-0.39, 0.29) is 49.1 Å². The number of allylic oxidation sites excluding steroid dienone is 3. The Kier molecular flexibility index (Phi) is 20.3. The van der Waals surface area contributed by atoms with E-state index < -0.39 is 79.3 Å². The summed E-state index contributed by atoms with van der Waals surface area (Å²) in [6.07, 6.45) is 0.972. The Balaban J connectivity index is 1.47. The molecule has 4 heterocycles. The number of aromatic nitrogens is 3. The number of ketones is 1. The molecule has 0 amide bonds. The van der Waals surface area contributed by atoms with Gasteiger partial charge in [0.05, 0.1) is 43.8 Å². The molecule has 0 aliphatic carbocycles. The lowest BCUT2D eigenvalue weighted by atomic mass is 9.80. The van der Waals surface area contributed by atoms with Crippen molar-refractivity contribution in [3.63, 3.8) is 0 Å². The molecule has 16 heteroatoms. The minimum atomic E-state index is -1.21. The van der Waals surface area contributed by atoms with Crippen LogP contribution >= 0.6 is 0 Å². The van der Waals surface area contributed by atoms with Crippen molar-refractivity contribution in [1.29, 1.82) is 0 Å². The normalized spacial score (nSPS) is 36.6. The van der Waals surface area contributed by atoms with Crippen LogP contribution in [0.15, 0.2) is 42.1 Å². The van der Waals surface area contributed by atoms with Crippen molar-refractivity contribution < 1.29 is 58.1 Å². The van der Waals surface area contributed by atoms with Crippen LogP contribution in [0.2, 0.25) is 0 Å². The van der Waals surface area contributed by atoms with Gasteiger partial charge >= 0.3 is 5.97 Å². The molecular weight excluding hydrogens is 861 g/mol. The standard InChI is InChI=1S/C51H80N4O12/c1-14-41-37(27-64-51-49(62-13)48(61-12)45(59)35(9)65-51)21-28(2)15-17-40(56)33(7)23-36(19-20-55-25-39(52-53-55)38-24-31(5)30(4)22-32(38)6)47(29(3)16-18-42(57)66-41)67-50-46(60)43(54(10)11)44(58)34(8)26-63-50/h15,17,21-22,24-25,29,33-37,41,43-51,58-60H,14,16,18-20,23,26-27H2,1-13H3/b17-15+,28-21+/t29-,33+,34?,35?,36-,37+,41+,43?,44?,45?,46?,47+,48?,49?,50-,51?/m0/s1. The van der Waals surface area contributed by atoms with Crippen LogP contribution in [-0.2, 0) is 49.3 Å². The summed E-state index contributed by atoms with van der Waals surface area (Å²) in [5, 5.41) is 42.9. The number of aliphatic hydroxyl groups excluding tert-OH is 3. The summed E-state index contributed by atoms with van der Waals surface area (Å²) >= 11 is 0. The van der Waals surface area contributed by atoms with Gasteiger partial charge in [0.25, 0.3) is 0 Å². The molecule has 0 radical (unpaired) electrons. The van der Waals surface area contributed by atoms with E-state index in [1.165, 1.54) is 25.3 Å². The molecule has 16 nitrogen and oxygen atoms in total. The number of carbonyl (C=O) groups is 2. The first kappa shape index (κ1) is 54.5. The molecule has 3 N–H and O–H groups in total. The second-order valence-corrected chi connectivity index (χ2v) is 19.7. The van der Waals surface area contributed by atoms with E-state index in [2.05, 4.69) is 43.2 Å². The lowest BCUT2D eigenvalue weighted by Crippen LogP contribution is -2.59. The van der Waals surface area contributed by atoms with Gasteiger partial charge in [-0.25, -0.2) is 0 Å². The number of benzene rings is 1. The van der Waals surface area contributed by atoms with Crippen LogP contribution in [-0.4, -0.2) is 156 Å². The lowest BCUT2D eigenvalue weighted by molar-refractivity contribution is -0.304. The predicted molar refractivity (Wildman–Crippen MR) is 253 cm³/mol. The van der Waals surface area contributed by atoms with Crippen LogP contribution in [0, 0.1) is 50.4 Å². The van der Waals surface area contributed by atoms with E-state index in [4.69, 9.17) is 33.2 Å². The van der Waals surface area contributed by atoms with E-state index in [9.17, 15) is 24.9 Å². The minimum Gasteiger partial charge on any atom is -0.462 e. The summed E-state index contributed by atoms with van der Waals surface area (Å²) in [4.78, 5) is 29.8. The van der Waals surface area contributed by atoms with Crippen molar-refractivity contribution >= 4 is 11.8 Å². The number of aliphatic hydroxyl groups is 3. The molecule has 2 saturated heterocycles. The molecule has 5 rings (SSSR count). The van der Waals surface area contributed by atoms with Crippen LogP contribution in [0.3, 0.4) is 0 Å². The number of rotatable bonds is 13. The largest absolute Gasteiger partial charge is 0.462 e. The van der Waals surface area contributed by atoms with Crippen molar-refractivity contribution in [2.75, 3.05) is 41.5 Å². The summed E-state index contributed by atoms with van der Waals surface area (Å²) in [5.41, 5.74) is 6.04. The van der Waals surface area contributed by atoms with E-state index in [0.717, 1.165) is 22.4 Å². The number of nitrogens with zero attached hydrogens (tertiary/aromatic N) is 4. The van der Waals surface area contributed by atoms with Crippen molar-refractivity contribution in [3.05, 3.63) is 58.8 Å². The van der Waals surface area contributed by atoms with Crippen LogP contribution in [0.5, 0.6) is 0 Å². The third-order valence-electron chi connectivity index (χ3n) is 14.2. The van der Waals surface area contributed by atoms with Gasteiger partial charge in [-0.1, -0.05) is 56.7 Å². The first-order valence-corrected chi connectivity index (χ1v) is 24.2. The number of methoxy groups -OCH3 is 2. The molecule has 0 bridgehead atoms. The van der Waals surface area contributed by atoms with Gasteiger partial charge in [0.15, 0.2) is 18.4 Å². The first-order chi connectivity index (χ1) is 31.8. The highest BCUT2D eigenvalue weighted by molar-refractivity contribution is 5.91. The fraction of sp³-hybridized carbons (Fsp3) is 0.725. The first-order valence-electron chi connectivity index (χ1n) is 24.2. The molecule has 9 unspecified atom stereocenters. The van der Waals surface area contributed by atoms with Crippen LogP contribution in [0.1, 0.15) is 90.3 Å². The Hall–Kier alpha value is -3.42. The van der Waals surface area contributed by atoms with Gasteiger partial charge in [-0.05, 0) is 115 Å². The zero-order valence-electron chi connectivity index (χ0n) is 42.2. The molecule has 376 valence electrons. The highest BCUT2D eigenvalue weighted by Crippen LogP contribution is 2.35. The Morgan fingerprint density at radius 3 is 2.24 bits per heavy atom. The van der Waals surface area contributed by atoms with E-state index in [0.29, 0.717) is 32.2 Å². The maximum absolute atomic E-state index is 14.1. The van der Waals surface area contributed by atoms with Crippen molar-refractivity contribution in [2.24, 2.45) is 29.6 Å². The summed E-state index contributed by atoms with van der Waals surface area (Å²) in [6.45, 7) is 18.3. The Morgan fingerprint density at radius 1 is 0.866 bits per heavy atom. The molecular formula is C51H80N4O12. The molecule has 2 fully saturated rings. The molecule has 1 aromatic heterocycles. The third kappa shape index (κ3) is 13.9. The van der Waals surface area contributed by atoms with Gasteiger partial charge in [0.2, 0.25) is 0 Å². The SMILES string of the molecule is CC[C@H]1OC(=O)CC[C@H](C)[C@@H](O[C@@H]2OCC(C)C(O)C(N(C)C)C2O)[C@@H](CCn2cc(-c3cc(C)c(C)cc3C)nn2)C[C@@H](C)C(=O)/C=C/C(C)=C/[C@@H]1COC1OC(C)C(O)C(OC)C1OC. The summed E-state index contributed by atoms with van der Waals surface area (Å²) in [6, 6.07) is 3.61. The maximum Gasteiger partial charge on any atom is 0.306 e. The zero-order chi connectivity index (χ0) is 49.3. The van der Waals surface area contributed by atoms with Gasteiger partial charge in [-0.2, -0.15) is 0 Å². The molecule has 1 aromatic carbocycles. The molecule has 3 aliphatic heterocycles. The Morgan fingerprint density at radius 2 is 1.57 bits per heavy atom. The molecule has 0 saturated carbocycles. The smallest absolute Gasteiger partial charge is 0.306 e. The van der Waals surface area contributed by atoms with Gasteiger partial charge < -0.3 is 53.4 Å². The summed E-state index contributed by atoms with van der Waals surface area (Å²) < 4.78 is 45.0. The fourth-order valence-corrected chi connectivity index (χ4v) is 9.88. The number of esters is 1. The minimum absolute atomic E-state index is 0.0668. The van der Waals surface area contributed by atoms with Crippen molar-refractivity contribution in [1.82, 2.24) is 19.9 Å². The topological polar surface area (TPSA) is 193 Å². The highest BCUT2D eigenvalue weighted by Gasteiger charge is 2.46. The molecule has 2 aromatic rings. The maximum atomic E-state index is 14.1. The molecule has 67 heavy (non-hydrogen) atoms. The number of hydrogen-bond acceptors (Lipinski definition) is 15. The lowest BCUT2D eigenvalue weighted by Gasteiger charge is -2.42. The van der Waals surface area contributed by atoms with Crippen LogP contribution in [0.4, 0.5) is 0 Å². The fourth-order valence-electron chi connectivity index (χ4n) is 9.88. The van der Waals surface area contributed by atoms with Crippen LogP contribution < -0.4 is 0 Å². The van der Waals surface area contributed by atoms with E-state index in [1.54, 1.807) is 24.0 Å². The Labute approximate surface area is 398 Å². The second-order valence-electron chi connectivity index (χ2n) is 19.7. The van der Waals surface area contributed by atoms with Gasteiger partial charge in [0, 0.05) is 50.5 Å². The second kappa shape index (κ2) is 24.9. The van der Waals surface area contributed by atoms with Gasteiger partial charge in [0.1, 0.15) is 36.2 Å². The highest BCUT2D eigenvalue weighted by atomic mass is 16.7. The average molecular weight is 941 g/mol. The monoisotopic (exact) mass is 941 g/mol. The number of hydrogen-bond donors (Lipinski definition) is 3. The molecule has 3 aliphatic rings. The van der Waals surface area contributed by atoms with Gasteiger partial charge in [-0.15, -0.1) is 5.10 Å². The quantitative estimate of drug-likeness (QED) is 0.212. The molecule has 0 spiro atoms. The third-order valence-corrected chi connectivity index (χ3v) is 14.2. The van der Waals surface area contributed by atoms with Crippen molar-refractivity contribution in [3.8, 4) is 11.3 Å². The molecule has 16 atom stereocenters. The number of aryl methyl sites for hydroxylation is 4. The Bertz CT molecular complexity index is 1970. The number of likely N-dealkylation sites (N-methyl/N-ethyl adjacent to an activating group) is 1. The number of ether oxygens (including phenoxy) is 7. The predicted octanol–water partition coefficient (Wildman–Crippen LogP) is 5.52. The average Bonchev–Trinajstić information content (AvgIpc) is 3.73. The zero-order valence-corrected chi connectivity index (χ0v) is 42.2. The van der Waals surface area contributed by atoms with Crippen molar-refractivity contribution in [2.45, 2.75) is 168 Å². The number of cyclic esters (lactones) is 1. The van der Waals surface area contributed by atoms with Gasteiger partial charge in [-0.3, -0.25) is 14.3 Å². The number of carbonyl (C=O) groups excluding carboxylic acids is 2. The van der Waals surface area contributed by atoms with Crippen LogP contribution in [0.25, 0.3) is 11.3 Å². The van der Waals surface area contributed by atoms with E-state index in [1.807, 2.05) is 65.7 Å². The summed E-state index contributed by atoms with van der Waals surface area (Å²) in [7, 11) is 6.62. The summed E-state index contributed by atoms with van der Waals surface area (Å²) in [5.74, 6) is -2.17. The van der Waals surface area contributed by atoms with E-state index >= 15 is 0 Å².